The van der Waals surface area contributed by atoms with Crippen molar-refractivity contribution in [2.45, 2.75) is 78.4 Å². The zero-order valence-corrected chi connectivity index (χ0v) is 28.1. The molecular weight excluding hydrogens is 620 g/mol. The molecular formula is C34H48N6O8. The van der Waals surface area contributed by atoms with E-state index in [0.717, 1.165) is 0 Å². The van der Waals surface area contributed by atoms with Crippen LogP contribution < -0.4 is 31.9 Å². The summed E-state index contributed by atoms with van der Waals surface area (Å²) in [6.45, 7) is 9.14. The molecule has 2 aromatic rings. The molecule has 2 rings (SSSR count). The van der Waals surface area contributed by atoms with E-state index in [4.69, 9.17) is 0 Å². The van der Waals surface area contributed by atoms with E-state index in [1.165, 1.54) is 0 Å². The molecule has 0 bridgehead atoms. The molecule has 48 heavy (non-hydrogen) atoms. The predicted molar refractivity (Wildman–Crippen MR) is 181 cm³/mol. The number of hydrogen-bond acceptors (Lipinski definition) is 7. The minimum atomic E-state index is -1.36. The highest BCUT2D eigenvalue weighted by molar-refractivity contribution is 5.99. The van der Waals surface area contributed by atoms with E-state index in [1.54, 1.807) is 48.5 Å². The molecule has 3 unspecified atom stereocenters. The fourth-order valence-corrected chi connectivity index (χ4v) is 4.60. The van der Waals surface area contributed by atoms with Crippen LogP contribution in [0.3, 0.4) is 0 Å². The van der Waals surface area contributed by atoms with Crippen molar-refractivity contribution in [3.63, 3.8) is 0 Å². The van der Waals surface area contributed by atoms with Gasteiger partial charge in [0.05, 0.1) is 6.42 Å². The number of para-hydroxylation sites is 1. The van der Waals surface area contributed by atoms with Gasteiger partial charge in [-0.3, -0.25) is 14.4 Å². The number of urea groups is 1. The largest absolute Gasteiger partial charge is 0.480 e. The van der Waals surface area contributed by atoms with Gasteiger partial charge in [0.15, 0.2) is 0 Å². The van der Waals surface area contributed by atoms with Crippen LogP contribution in [0.2, 0.25) is 0 Å². The monoisotopic (exact) mass is 668 g/mol. The van der Waals surface area contributed by atoms with Gasteiger partial charge < -0.3 is 42.1 Å². The Morgan fingerprint density at radius 3 is 1.81 bits per heavy atom. The Labute approximate surface area is 280 Å². The third kappa shape index (κ3) is 15.5. The SMILES string of the molecule is CC(C)CC(NC(=O)Cc1ccc(NC(=O)Nc2ccccc2)cc1)C(=O)NC(CNCCC(NC(=O)CC(C)(C)C)C(=O)O)C(=O)O. The number of carbonyl (C=O) groups is 6. The van der Waals surface area contributed by atoms with Gasteiger partial charge in [0.1, 0.15) is 18.1 Å². The van der Waals surface area contributed by atoms with Gasteiger partial charge in [-0.1, -0.05) is 65.0 Å². The molecule has 14 heteroatoms. The number of carbonyl (C=O) groups excluding carboxylic acids is 4. The fourth-order valence-electron chi connectivity index (χ4n) is 4.60. The second-order valence-corrected chi connectivity index (χ2v) is 13.2. The van der Waals surface area contributed by atoms with E-state index in [-0.39, 0.29) is 50.1 Å². The molecule has 0 aromatic heterocycles. The first-order valence-electron chi connectivity index (χ1n) is 15.8. The Kier molecular flexibility index (Phi) is 15.5. The normalized spacial score (nSPS) is 13.0. The topological polar surface area (TPSA) is 215 Å². The average molecular weight is 669 g/mol. The molecule has 3 atom stereocenters. The maximum absolute atomic E-state index is 13.1. The number of aliphatic carboxylic acids is 2. The molecule has 0 aliphatic heterocycles. The number of carboxylic acids is 2. The van der Waals surface area contributed by atoms with Crippen LogP contribution in [0.1, 0.15) is 59.4 Å². The summed E-state index contributed by atoms with van der Waals surface area (Å²) in [5, 5.41) is 35.1. The van der Waals surface area contributed by atoms with Gasteiger partial charge in [0, 0.05) is 24.3 Å². The van der Waals surface area contributed by atoms with Gasteiger partial charge in [0.2, 0.25) is 17.7 Å². The Hall–Kier alpha value is -4.98. The maximum Gasteiger partial charge on any atom is 0.327 e. The highest BCUT2D eigenvalue weighted by Gasteiger charge is 2.28. The van der Waals surface area contributed by atoms with Crippen LogP contribution in [-0.4, -0.2) is 77.1 Å². The molecule has 0 radical (unpaired) electrons. The van der Waals surface area contributed by atoms with Crippen molar-refractivity contribution < 1.29 is 39.0 Å². The van der Waals surface area contributed by atoms with Crippen LogP contribution in [0.25, 0.3) is 0 Å². The summed E-state index contributed by atoms with van der Waals surface area (Å²) in [4.78, 5) is 74.0. The van der Waals surface area contributed by atoms with Gasteiger partial charge in [-0.25, -0.2) is 14.4 Å². The Morgan fingerprint density at radius 1 is 0.708 bits per heavy atom. The summed E-state index contributed by atoms with van der Waals surface area (Å²) in [6, 6.07) is 11.6. The van der Waals surface area contributed by atoms with E-state index in [9.17, 15) is 39.0 Å². The smallest absolute Gasteiger partial charge is 0.327 e. The first-order chi connectivity index (χ1) is 22.5. The molecule has 0 aliphatic carbocycles. The van der Waals surface area contributed by atoms with Crippen molar-refractivity contribution in [3.8, 4) is 0 Å². The van der Waals surface area contributed by atoms with Crippen molar-refractivity contribution in [2.75, 3.05) is 23.7 Å². The van der Waals surface area contributed by atoms with Crippen LogP contribution in [0.15, 0.2) is 54.6 Å². The van der Waals surface area contributed by atoms with Crippen LogP contribution in [-0.2, 0) is 30.4 Å². The third-order valence-corrected chi connectivity index (χ3v) is 6.86. The van der Waals surface area contributed by atoms with Crippen LogP contribution in [0.5, 0.6) is 0 Å². The van der Waals surface area contributed by atoms with Gasteiger partial charge in [-0.15, -0.1) is 0 Å². The van der Waals surface area contributed by atoms with E-state index in [2.05, 4.69) is 31.9 Å². The van der Waals surface area contributed by atoms with Gasteiger partial charge in [-0.05, 0) is 60.5 Å². The summed E-state index contributed by atoms with van der Waals surface area (Å²) in [7, 11) is 0. The lowest BCUT2D eigenvalue weighted by Crippen LogP contribution is -2.55. The standard InChI is InChI=1S/C34H48N6O8/c1-21(2)17-26(39-28(41)18-22-11-13-24(14-12-22)37-33(48)36-23-9-7-6-8-10-23)30(43)40-27(32(46)47)20-35-16-15-25(31(44)45)38-29(42)19-34(3,4)5/h6-14,21,25-27,35H,15-20H2,1-5H3,(H,38,42)(H,39,41)(H,40,43)(H,44,45)(H,46,47)(H2,36,37,48). The van der Waals surface area contributed by atoms with Gasteiger partial charge in [-0.2, -0.15) is 0 Å². The average Bonchev–Trinajstić information content (AvgIpc) is 2.97. The molecule has 0 fully saturated rings. The first-order valence-corrected chi connectivity index (χ1v) is 15.8. The molecule has 0 saturated carbocycles. The van der Waals surface area contributed by atoms with Crippen molar-refractivity contribution >= 4 is 47.1 Å². The lowest BCUT2D eigenvalue weighted by atomic mass is 9.92. The lowest BCUT2D eigenvalue weighted by molar-refractivity contribution is -0.143. The summed E-state index contributed by atoms with van der Waals surface area (Å²) in [5.41, 5.74) is 1.46. The summed E-state index contributed by atoms with van der Waals surface area (Å²) in [5.74, 6) is -4.06. The summed E-state index contributed by atoms with van der Waals surface area (Å²) >= 11 is 0. The van der Waals surface area contributed by atoms with E-state index in [1.807, 2.05) is 40.7 Å². The maximum atomic E-state index is 13.1. The van der Waals surface area contributed by atoms with E-state index >= 15 is 0 Å². The highest BCUT2D eigenvalue weighted by Crippen LogP contribution is 2.18. The first kappa shape index (κ1) is 39.2. The molecule has 2 aromatic carbocycles. The number of anilines is 2. The van der Waals surface area contributed by atoms with Crippen molar-refractivity contribution in [1.82, 2.24) is 21.3 Å². The second-order valence-electron chi connectivity index (χ2n) is 13.2. The molecule has 0 spiro atoms. The molecule has 8 N–H and O–H groups in total. The lowest BCUT2D eigenvalue weighted by Gasteiger charge is -2.23. The Bertz CT molecular complexity index is 1390. The molecule has 0 aliphatic rings. The zero-order valence-electron chi connectivity index (χ0n) is 28.1. The molecule has 14 nitrogen and oxygen atoms in total. The van der Waals surface area contributed by atoms with Gasteiger partial charge >= 0.3 is 18.0 Å². The van der Waals surface area contributed by atoms with Crippen LogP contribution in [0, 0.1) is 11.3 Å². The molecule has 5 amide bonds. The van der Waals surface area contributed by atoms with E-state index in [0.29, 0.717) is 16.9 Å². The number of hydrogen-bond donors (Lipinski definition) is 8. The number of amides is 5. The number of benzene rings is 2. The Morgan fingerprint density at radius 2 is 1.27 bits per heavy atom. The zero-order chi connectivity index (χ0) is 35.9. The number of rotatable bonds is 18. The van der Waals surface area contributed by atoms with Crippen LogP contribution >= 0.6 is 0 Å². The predicted octanol–water partition coefficient (Wildman–Crippen LogP) is 2.96. The second kappa shape index (κ2) is 19.0. The van der Waals surface area contributed by atoms with Gasteiger partial charge in [0.25, 0.3) is 0 Å². The summed E-state index contributed by atoms with van der Waals surface area (Å²) in [6.07, 6.45) is 0.338. The van der Waals surface area contributed by atoms with Crippen molar-refractivity contribution in [2.24, 2.45) is 11.3 Å². The molecule has 262 valence electrons. The number of nitrogens with one attached hydrogen (secondary N) is 6. The Balaban J connectivity index is 1.90. The molecule has 0 heterocycles. The molecule has 0 saturated heterocycles. The van der Waals surface area contributed by atoms with Crippen LogP contribution in [0.4, 0.5) is 16.2 Å². The highest BCUT2D eigenvalue weighted by atomic mass is 16.4. The number of carboxylic acid groups (broad SMARTS) is 2. The quantitative estimate of drug-likeness (QED) is 0.109. The minimum absolute atomic E-state index is 0.00344. The van der Waals surface area contributed by atoms with E-state index < -0.39 is 53.8 Å². The van der Waals surface area contributed by atoms with Crippen molar-refractivity contribution in [1.29, 1.82) is 0 Å². The van der Waals surface area contributed by atoms with Crippen molar-refractivity contribution in [3.05, 3.63) is 60.2 Å². The fraction of sp³-hybridized carbons (Fsp3) is 0.471. The summed E-state index contributed by atoms with van der Waals surface area (Å²) < 4.78 is 0. The minimum Gasteiger partial charge on any atom is -0.480 e. The third-order valence-electron chi connectivity index (χ3n) is 6.86.